The van der Waals surface area contributed by atoms with Gasteiger partial charge in [0, 0.05) is 24.2 Å². The number of benzene rings is 1. The number of nitrogens with zero attached hydrogens (tertiary/aromatic N) is 3. The van der Waals surface area contributed by atoms with Gasteiger partial charge in [0.1, 0.15) is 23.0 Å². The van der Waals surface area contributed by atoms with Crippen LogP contribution in [0.4, 0.5) is 24.7 Å². The molecule has 29 heavy (non-hydrogen) atoms. The number of anilines is 2. The lowest BCUT2D eigenvalue weighted by molar-refractivity contribution is -0.137. The van der Waals surface area contributed by atoms with Crippen LogP contribution < -0.4 is 10.2 Å². The monoisotopic (exact) mass is 422 g/mol. The van der Waals surface area contributed by atoms with Gasteiger partial charge in [-0.25, -0.2) is 4.98 Å². The van der Waals surface area contributed by atoms with Gasteiger partial charge in [0.2, 0.25) is 0 Å². The number of aromatic nitrogens is 1. The Morgan fingerprint density at radius 2 is 1.97 bits per heavy atom. The molecule has 1 N–H and O–H groups in total. The molecule has 2 rings (SSSR count). The van der Waals surface area contributed by atoms with E-state index in [1.54, 1.807) is 25.2 Å². The van der Waals surface area contributed by atoms with Crippen molar-refractivity contribution in [3.05, 3.63) is 52.7 Å². The van der Waals surface area contributed by atoms with E-state index in [1.165, 1.54) is 18.7 Å². The Balaban J connectivity index is 2.48. The highest BCUT2D eigenvalue weighted by molar-refractivity contribution is 7.80. The largest absolute Gasteiger partial charge is 0.417 e. The topological polar surface area (TPSA) is 69.0 Å². The van der Waals surface area contributed by atoms with Crippen molar-refractivity contribution in [2.45, 2.75) is 32.5 Å². The zero-order valence-electron chi connectivity index (χ0n) is 16.4. The summed E-state index contributed by atoms with van der Waals surface area (Å²) < 4.78 is 40.1. The average molecular weight is 422 g/mol. The highest BCUT2D eigenvalue weighted by Gasteiger charge is 2.39. The van der Waals surface area contributed by atoms with Crippen LogP contribution >= 0.6 is 12.6 Å². The van der Waals surface area contributed by atoms with Gasteiger partial charge in [-0.3, -0.25) is 4.79 Å². The molecule has 1 atom stereocenters. The second-order valence-electron chi connectivity index (χ2n) is 6.96. The van der Waals surface area contributed by atoms with Gasteiger partial charge in [0.15, 0.2) is 0 Å². The van der Waals surface area contributed by atoms with Gasteiger partial charge >= 0.3 is 6.18 Å². The number of carbonyl (C=O) groups excluding carboxylic acids is 1. The highest BCUT2D eigenvalue weighted by atomic mass is 32.1. The Morgan fingerprint density at radius 1 is 1.31 bits per heavy atom. The number of hydrogen-bond acceptors (Lipinski definition) is 5. The van der Waals surface area contributed by atoms with Gasteiger partial charge in [-0.15, -0.1) is 0 Å². The van der Waals surface area contributed by atoms with E-state index in [0.29, 0.717) is 5.69 Å². The second-order valence-corrected chi connectivity index (χ2v) is 7.28. The standard InChI is InChI=1S/C20H21F3N4OS/c1-12-6-5-7-14(8-12)27(4)18(28)19(3,11-29)26-17-15(10-24)16(20(21,22)23)9-13(2)25-17/h5-9,29H,11H2,1-4H3,(H,25,26)/t19-/m1/s1. The molecule has 1 amide bonds. The van der Waals surface area contributed by atoms with Crippen molar-refractivity contribution in [2.75, 3.05) is 23.0 Å². The lowest BCUT2D eigenvalue weighted by atomic mass is 10.0. The molecule has 154 valence electrons. The number of amides is 1. The first-order chi connectivity index (χ1) is 13.4. The van der Waals surface area contributed by atoms with E-state index in [4.69, 9.17) is 0 Å². The van der Waals surface area contributed by atoms with Crippen LogP contribution in [0.5, 0.6) is 0 Å². The molecule has 0 bridgehead atoms. The van der Waals surface area contributed by atoms with E-state index in [1.807, 2.05) is 19.1 Å². The van der Waals surface area contributed by atoms with Gasteiger partial charge < -0.3 is 10.2 Å². The van der Waals surface area contributed by atoms with Crippen LogP contribution in [0, 0.1) is 25.2 Å². The fourth-order valence-electron chi connectivity index (χ4n) is 2.85. The van der Waals surface area contributed by atoms with Crippen LogP contribution in [0.1, 0.15) is 29.3 Å². The summed E-state index contributed by atoms with van der Waals surface area (Å²) in [5, 5.41) is 12.1. The molecule has 0 unspecified atom stereocenters. The van der Waals surface area contributed by atoms with Crippen LogP contribution in [0.2, 0.25) is 0 Å². The van der Waals surface area contributed by atoms with Crippen molar-refractivity contribution in [1.29, 1.82) is 5.26 Å². The SMILES string of the molecule is Cc1cccc(N(C)C(=O)[C@@](C)(CS)Nc2nc(C)cc(C(F)(F)F)c2C#N)c1. The van der Waals surface area contributed by atoms with Gasteiger partial charge in [-0.2, -0.15) is 31.1 Å². The van der Waals surface area contributed by atoms with E-state index >= 15 is 0 Å². The number of carbonyl (C=O) groups is 1. The molecule has 0 aliphatic carbocycles. The van der Waals surface area contributed by atoms with Gasteiger partial charge in [-0.05, 0) is 44.5 Å². The molecular weight excluding hydrogens is 401 g/mol. The summed E-state index contributed by atoms with van der Waals surface area (Å²) in [6.45, 7) is 4.78. The summed E-state index contributed by atoms with van der Waals surface area (Å²) in [6.07, 6.45) is -4.73. The molecule has 1 aromatic heterocycles. The molecule has 5 nitrogen and oxygen atoms in total. The number of hydrogen-bond donors (Lipinski definition) is 2. The molecule has 0 fully saturated rings. The molecule has 9 heteroatoms. The zero-order valence-corrected chi connectivity index (χ0v) is 17.3. The number of thiol groups is 1. The number of pyridine rings is 1. The Morgan fingerprint density at radius 3 is 2.48 bits per heavy atom. The van der Waals surface area contributed by atoms with Crippen LogP contribution in [0.3, 0.4) is 0 Å². The minimum atomic E-state index is -4.73. The number of likely N-dealkylation sites (N-methyl/N-ethyl adjacent to an activating group) is 1. The summed E-state index contributed by atoms with van der Waals surface area (Å²) in [6, 6.07) is 9.60. The number of nitriles is 1. The summed E-state index contributed by atoms with van der Waals surface area (Å²) in [4.78, 5) is 18.6. The maximum Gasteiger partial charge on any atom is 0.417 e. The predicted molar refractivity (Wildman–Crippen MR) is 109 cm³/mol. The zero-order chi connectivity index (χ0) is 22.0. The Hall–Kier alpha value is -2.73. The van der Waals surface area contributed by atoms with E-state index in [9.17, 15) is 23.2 Å². The van der Waals surface area contributed by atoms with Crippen LogP contribution in [-0.2, 0) is 11.0 Å². The van der Waals surface area contributed by atoms with Gasteiger partial charge in [0.25, 0.3) is 5.91 Å². The molecule has 0 aliphatic rings. The maximum absolute atomic E-state index is 13.4. The van der Waals surface area contributed by atoms with Crippen molar-refractivity contribution in [2.24, 2.45) is 0 Å². The molecule has 1 aromatic carbocycles. The van der Waals surface area contributed by atoms with E-state index < -0.39 is 28.7 Å². The third kappa shape index (κ3) is 4.82. The number of rotatable bonds is 5. The molecular formula is C20H21F3N4OS. The first kappa shape index (κ1) is 22.6. The van der Waals surface area contributed by atoms with Crippen LogP contribution in [0.25, 0.3) is 0 Å². The second kappa shape index (κ2) is 8.33. The Kier molecular flexibility index (Phi) is 6.48. The molecule has 0 spiro atoms. The average Bonchev–Trinajstić information content (AvgIpc) is 2.65. The van der Waals surface area contributed by atoms with Crippen molar-refractivity contribution < 1.29 is 18.0 Å². The summed E-state index contributed by atoms with van der Waals surface area (Å²) in [7, 11) is 1.57. The Labute approximate surface area is 173 Å². The molecule has 0 radical (unpaired) electrons. The highest BCUT2D eigenvalue weighted by Crippen LogP contribution is 2.35. The predicted octanol–water partition coefficient (Wildman–Crippen LogP) is 4.35. The molecule has 2 aromatic rings. The first-order valence-corrected chi connectivity index (χ1v) is 9.29. The molecule has 0 saturated carbocycles. The number of aryl methyl sites for hydroxylation is 2. The van der Waals surface area contributed by atoms with E-state index in [0.717, 1.165) is 11.6 Å². The minimum absolute atomic E-state index is 0.0379. The summed E-state index contributed by atoms with van der Waals surface area (Å²) in [5.74, 6) is -0.773. The molecule has 1 heterocycles. The van der Waals surface area contributed by atoms with Gasteiger partial charge in [0.05, 0.1) is 5.56 Å². The summed E-state index contributed by atoms with van der Waals surface area (Å²) >= 11 is 4.23. The number of alkyl halides is 3. The van der Waals surface area contributed by atoms with Crippen molar-refractivity contribution >= 4 is 30.0 Å². The lowest BCUT2D eigenvalue weighted by Crippen LogP contribution is -2.53. The van der Waals surface area contributed by atoms with E-state index in [-0.39, 0.29) is 17.3 Å². The maximum atomic E-state index is 13.4. The first-order valence-electron chi connectivity index (χ1n) is 8.65. The van der Waals surface area contributed by atoms with Gasteiger partial charge in [-0.1, -0.05) is 12.1 Å². The quantitative estimate of drug-likeness (QED) is 0.703. The molecule has 0 aliphatic heterocycles. The lowest BCUT2D eigenvalue weighted by Gasteiger charge is -2.33. The minimum Gasteiger partial charge on any atom is -0.354 e. The Bertz CT molecular complexity index is 971. The van der Waals surface area contributed by atoms with E-state index in [2.05, 4.69) is 22.9 Å². The number of nitrogens with one attached hydrogen (secondary N) is 1. The van der Waals surface area contributed by atoms with Crippen molar-refractivity contribution in [3.63, 3.8) is 0 Å². The fourth-order valence-corrected chi connectivity index (χ4v) is 3.06. The third-order valence-electron chi connectivity index (χ3n) is 4.44. The summed E-state index contributed by atoms with van der Waals surface area (Å²) in [5.41, 5.74) is -1.53. The third-order valence-corrected chi connectivity index (χ3v) is 5.07. The van der Waals surface area contributed by atoms with Crippen molar-refractivity contribution in [1.82, 2.24) is 4.98 Å². The fraction of sp³-hybridized carbons (Fsp3) is 0.350. The van der Waals surface area contributed by atoms with Crippen LogP contribution in [-0.4, -0.2) is 29.2 Å². The normalized spacial score (nSPS) is 13.3. The van der Waals surface area contributed by atoms with Crippen molar-refractivity contribution in [3.8, 4) is 6.07 Å². The number of halogens is 3. The smallest absolute Gasteiger partial charge is 0.354 e. The molecule has 0 saturated heterocycles. The van der Waals surface area contributed by atoms with Crippen LogP contribution in [0.15, 0.2) is 30.3 Å².